The van der Waals surface area contributed by atoms with Gasteiger partial charge in [0.05, 0.1) is 0 Å². The summed E-state index contributed by atoms with van der Waals surface area (Å²) in [6.45, 7) is 0.388. The van der Waals surface area contributed by atoms with Crippen LogP contribution < -0.4 is 10.6 Å². The number of hydrogen-bond acceptors (Lipinski definition) is 2. The summed E-state index contributed by atoms with van der Waals surface area (Å²) >= 11 is 0. The summed E-state index contributed by atoms with van der Waals surface area (Å²) in [6.07, 6.45) is 1.88. The first kappa shape index (κ1) is 16.1. The van der Waals surface area contributed by atoms with Crippen LogP contribution in [0.1, 0.15) is 28.8 Å². The summed E-state index contributed by atoms with van der Waals surface area (Å²) in [5, 5.41) is 5.05. The Hall–Kier alpha value is -2.76. The molecule has 2 aromatic carbocycles. The van der Waals surface area contributed by atoms with Crippen LogP contribution in [0.2, 0.25) is 0 Å². The van der Waals surface area contributed by atoms with E-state index in [1.165, 1.54) is 6.07 Å². The van der Waals surface area contributed by atoms with E-state index in [0.29, 0.717) is 6.54 Å². The Balaban J connectivity index is 1.62. The van der Waals surface area contributed by atoms with Gasteiger partial charge in [-0.2, -0.15) is 0 Å². The van der Waals surface area contributed by atoms with E-state index < -0.39 is 23.2 Å². The fourth-order valence-electron chi connectivity index (χ4n) is 2.26. The van der Waals surface area contributed by atoms with Crippen molar-refractivity contribution in [2.45, 2.75) is 19.4 Å². The van der Waals surface area contributed by atoms with E-state index >= 15 is 0 Å². The summed E-state index contributed by atoms with van der Waals surface area (Å²) in [6, 6.07) is 9.86. The van der Waals surface area contributed by atoms with Crippen molar-refractivity contribution in [3.8, 4) is 0 Å². The Labute approximate surface area is 137 Å². The van der Waals surface area contributed by atoms with E-state index in [9.17, 15) is 18.4 Å². The third-order valence-electron chi connectivity index (χ3n) is 3.83. The lowest BCUT2D eigenvalue weighted by Gasteiger charge is -2.08. The maximum atomic E-state index is 13.5. The molecule has 2 aromatic rings. The van der Waals surface area contributed by atoms with Gasteiger partial charge in [0, 0.05) is 18.0 Å². The van der Waals surface area contributed by atoms with Crippen molar-refractivity contribution >= 4 is 17.5 Å². The minimum atomic E-state index is -0.831. The van der Waals surface area contributed by atoms with Crippen LogP contribution in [0.5, 0.6) is 0 Å². The van der Waals surface area contributed by atoms with E-state index in [4.69, 9.17) is 0 Å². The minimum absolute atomic E-state index is 0.0480. The molecule has 0 radical (unpaired) electrons. The molecule has 6 heteroatoms. The van der Waals surface area contributed by atoms with Crippen LogP contribution in [0.4, 0.5) is 14.5 Å². The predicted molar refractivity (Wildman–Crippen MR) is 85.3 cm³/mol. The lowest BCUT2D eigenvalue weighted by atomic mass is 10.1. The Morgan fingerprint density at radius 2 is 1.62 bits per heavy atom. The zero-order valence-electron chi connectivity index (χ0n) is 12.8. The highest BCUT2D eigenvalue weighted by Crippen LogP contribution is 2.28. The van der Waals surface area contributed by atoms with Crippen molar-refractivity contribution in [2.24, 2.45) is 5.92 Å². The average Bonchev–Trinajstić information content (AvgIpc) is 3.41. The smallest absolute Gasteiger partial charge is 0.255 e. The lowest BCUT2D eigenvalue weighted by Crippen LogP contribution is -2.24. The number of para-hydroxylation sites is 1. The molecular weight excluding hydrogens is 314 g/mol. The summed E-state index contributed by atoms with van der Waals surface area (Å²) < 4.78 is 27.1. The van der Waals surface area contributed by atoms with Crippen LogP contribution in [-0.4, -0.2) is 11.8 Å². The SMILES string of the molecule is O=C(Nc1c(F)cccc1F)c1ccc(CNC(=O)C2CC2)cc1. The van der Waals surface area contributed by atoms with Crippen LogP contribution in [-0.2, 0) is 11.3 Å². The number of hydrogen-bond donors (Lipinski definition) is 2. The highest BCUT2D eigenvalue weighted by atomic mass is 19.1. The summed E-state index contributed by atoms with van der Waals surface area (Å²) in [5.41, 5.74) is 0.649. The Morgan fingerprint density at radius 3 is 2.21 bits per heavy atom. The molecule has 0 bridgehead atoms. The van der Waals surface area contributed by atoms with Crippen LogP contribution in [0.3, 0.4) is 0 Å². The standard InChI is InChI=1S/C18H16F2N2O2/c19-14-2-1-3-15(20)16(14)22-18(24)13-6-4-11(5-7-13)10-21-17(23)12-8-9-12/h1-7,12H,8-10H2,(H,21,23)(H,22,24). The first-order valence-electron chi connectivity index (χ1n) is 7.66. The largest absolute Gasteiger partial charge is 0.352 e. The number of benzene rings is 2. The fraction of sp³-hybridized carbons (Fsp3) is 0.222. The number of nitrogens with one attached hydrogen (secondary N) is 2. The average molecular weight is 330 g/mol. The summed E-state index contributed by atoms with van der Waals surface area (Å²) in [4.78, 5) is 23.7. The van der Waals surface area contributed by atoms with Crippen molar-refractivity contribution in [3.05, 3.63) is 65.2 Å². The molecule has 0 aliphatic heterocycles. The van der Waals surface area contributed by atoms with Crippen molar-refractivity contribution < 1.29 is 18.4 Å². The monoisotopic (exact) mass is 330 g/mol. The van der Waals surface area contributed by atoms with Gasteiger partial charge in [0.15, 0.2) is 0 Å². The molecule has 1 fully saturated rings. The topological polar surface area (TPSA) is 58.2 Å². The molecule has 124 valence electrons. The Kier molecular flexibility index (Phi) is 4.55. The Bertz CT molecular complexity index is 751. The van der Waals surface area contributed by atoms with Gasteiger partial charge in [0.25, 0.3) is 5.91 Å². The molecule has 2 N–H and O–H groups in total. The van der Waals surface area contributed by atoms with E-state index in [0.717, 1.165) is 30.5 Å². The molecule has 1 aliphatic carbocycles. The number of carbonyl (C=O) groups excluding carboxylic acids is 2. The number of halogens is 2. The summed E-state index contributed by atoms with van der Waals surface area (Å²) in [5.74, 6) is -2.07. The first-order valence-corrected chi connectivity index (χ1v) is 7.66. The number of rotatable bonds is 5. The van der Waals surface area contributed by atoms with Crippen molar-refractivity contribution in [2.75, 3.05) is 5.32 Å². The molecule has 24 heavy (non-hydrogen) atoms. The number of anilines is 1. The van der Waals surface area contributed by atoms with Gasteiger partial charge in [0.1, 0.15) is 17.3 Å². The van der Waals surface area contributed by atoms with E-state index in [-0.39, 0.29) is 17.4 Å². The molecule has 1 saturated carbocycles. The Morgan fingerprint density at radius 1 is 1.00 bits per heavy atom. The molecule has 4 nitrogen and oxygen atoms in total. The van der Waals surface area contributed by atoms with Gasteiger partial charge in [-0.1, -0.05) is 18.2 Å². The predicted octanol–water partition coefficient (Wildman–Crippen LogP) is 3.24. The molecule has 2 amide bonds. The molecule has 0 unspecified atom stereocenters. The minimum Gasteiger partial charge on any atom is -0.352 e. The van der Waals surface area contributed by atoms with Gasteiger partial charge in [-0.3, -0.25) is 9.59 Å². The number of amides is 2. The molecular formula is C18H16F2N2O2. The normalized spacial score (nSPS) is 13.4. The summed E-state index contributed by atoms with van der Waals surface area (Å²) in [7, 11) is 0. The molecule has 0 heterocycles. The van der Waals surface area contributed by atoms with Gasteiger partial charge in [-0.15, -0.1) is 0 Å². The molecule has 0 atom stereocenters. The second-order valence-corrected chi connectivity index (χ2v) is 5.74. The van der Waals surface area contributed by atoms with Gasteiger partial charge in [-0.05, 0) is 42.7 Å². The maximum Gasteiger partial charge on any atom is 0.255 e. The second-order valence-electron chi connectivity index (χ2n) is 5.74. The van der Waals surface area contributed by atoms with Crippen LogP contribution in [0.25, 0.3) is 0 Å². The molecule has 3 rings (SSSR count). The van der Waals surface area contributed by atoms with Crippen LogP contribution in [0.15, 0.2) is 42.5 Å². The first-order chi connectivity index (χ1) is 11.5. The third kappa shape index (κ3) is 3.76. The second kappa shape index (κ2) is 6.78. The van der Waals surface area contributed by atoms with Gasteiger partial charge in [0.2, 0.25) is 5.91 Å². The van der Waals surface area contributed by atoms with E-state index in [1.54, 1.807) is 24.3 Å². The highest BCUT2D eigenvalue weighted by Gasteiger charge is 2.29. The fourth-order valence-corrected chi connectivity index (χ4v) is 2.26. The van der Waals surface area contributed by atoms with Crippen molar-refractivity contribution in [1.82, 2.24) is 5.32 Å². The quantitative estimate of drug-likeness (QED) is 0.884. The molecule has 0 aromatic heterocycles. The third-order valence-corrected chi connectivity index (χ3v) is 3.83. The lowest BCUT2D eigenvalue weighted by molar-refractivity contribution is -0.122. The molecule has 0 spiro atoms. The van der Waals surface area contributed by atoms with Crippen LogP contribution in [0, 0.1) is 17.6 Å². The van der Waals surface area contributed by atoms with E-state index in [2.05, 4.69) is 10.6 Å². The van der Waals surface area contributed by atoms with Crippen molar-refractivity contribution in [1.29, 1.82) is 0 Å². The zero-order chi connectivity index (χ0) is 17.1. The van der Waals surface area contributed by atoms with Gasteiger partial charge >= 0.3 is 0 Å². The number of carbonyl (C=O) groups is 2. The molecule has 1 aliphatic rings. The zero-order valence-corrected chi connectivity index (χ0v) is 12.8. The maximum absolute atomic E-state index is 13.5. The van der Waals surface area contributed by atoms with Crippen LogP contribution >= 0.6 is 0 Å². The van der Waals surface area contributed by atoms with Gasteiger partial charge in [-0.25, -0.2) is 8.78 Å². The van der Waals surface area contributed by atoms with Crippen molar-refractivity contribution in [3.63, 3.8) is 0 Å². The van der Waals surface area contributed by atoms with E-state index in [1.807, 2.05) is 0 Å². The van der Waals surface area contributed by atoms with Gasteiger partial charge < -0.3 is 10.6 Å². The highest BCUT2D eigenvalue weighted by molar-refractivity contribution is 6.04. The molecule has 0 saturated heterocycles.